The van der Waals surface area contributed by atoms with Gasteiger partial charge < -0.3 is 0 Å². The van der Waals surface area contributed by atoms with Crippen LogP contribution in [0, 0.1) is 31.0 Å². The van der Waals surface area contributed by atoms with Crippen LogP contribution < -0.4 is 0 Å². The summed E-state index contributed by atoms with van der Waals surface area (Å²) in [7, 11) is 0. The molecule has 0 bridgehead atoms. The minimum atomic E-state index is -0.391. The monoisotopic (exact) mass is 195 g/mol. The minimum Gasteiger partial charge on any atom is -0.205 e. The molecule has 1 nitrogen and oxygen atoms in total. The van der Waals surface area contributed by atoms with Crippen molar-refractivity contribution in [2.75, 3.05) is 6.26 Å². The second kappa shape index (κ2) is 3.80. The van der Waals surface area contributed by atoms with Crippen molar-refractivity contribution in [3.63, 3.8) is 0 Å². The zero-order valence-corrected chi connectivity index (χ0v) is 8.63. The number of nitrogens with zero attached hydrogens (tertiary/aromatic N) is 1. The Morgan fingerprint density at radius 3 is 2.54 bits per heavy atom. The molecule has 0 unspecified atom stereocenters. The molecular weight excluding hydrogens is 185 g/mol. The molecule has 0 atom stereocenters. The van der Waals surface area contributed by atoms with Gasteiger partial charge in [-0.1, -0.05) is 0 Å². The van der Waals surface area contributed by atoms with Crippen LogP contribution in [0.5, 0.6) is 0 Å². The number of thioether (sulfide) groups is 1. The summed E-state index contributed by atoms with van der Waals surface area (Å²) in [5.41, 5.74) is 1.67. The first-order valence-corrected chi connectivity index (χ1v) is 5.08. The number of nitriles is 1. The van der Waals surface area contributed by atoms with Gasteiger partial charge in [0.2, 0.25) is 0 Å². The van der Waals surface area contributed by atoms with Gasteiger partial charge in [0.05, 0.1) is 5.56 Å². The van der Waals surface area contributed by atoms with Gasteiger partial charge in [-0.05, 0) is 37.3 Å². The van der Waals surface area contributed by atoms with Crippen LogP contribution in [0.1, 0.15) is 16.7 Å². The molecule has 1 aromatic rings. The van der Waals surface area contributed by atoms with E-state index in [9.17, 15) is 4.39 Å². The Labute approximate surface area is 81.6 Å². The third-order valence-corrected chi connectivity index (χ3v) is 2.99. The molecule has 13 heavy (non-hydrogen) atoms. The van der Waals surface area contributed by atoms with Crippen molar-refractivity contribution in [2.24, 2.45) is 0 Å². The van der Waals surface area contributed by atoms with Crippen molar-refractivity contribution in [2.45, 2.75) is 18.7 Å². The molecule has 0 fully saturated rings. The lowest BCUT2D eigenvalue weighted by Gasteiger charge is -2.08. The maximum atomic E-state index is 13.4. The minimum absolute atomic E-state index is 0.132. The van der Waals surface area contributed by atoms with Gasteiger partial charge in [-0.25, -0.2) is 4.39 Å². The van der Waals surface area contributed by atoms with Gasteiger partial charge in [0.15, 0.2) is 0 Å². The van der Waals surface area contributed by atoms with Crippen LogP contribution in [-0.2, 0) is 0 Å². The third-order valence-electron chi connectivity index (χ3n) is 1.95. The number of aryl methyl sites for hydroxylation is 1. The lowest BCUT2D eigenvalue weighted by Crippen LogP contribution is -1.94. The van der Waals surface area contributed by atoms with Crippen LogP contribution in [0.2, 0.25) is 0 Å². The highest BCUT2D eigenvalue weighted by Gasteiger charge is 2.11. The first-order valence-electron chi connectivity index (χ1n) is 3.85. The molecule has 0 amide bonds. The van der Waals surface area contributed by atoms with Crippen molar-refractivity contribution in [1.82, 2.24) is 0 Å². The molecule has 0 spiro atoms. The van der Waals surface area contributed by atoms with E-state index >= 15 is 0 Å². The first kappa shape index (κ1) is 10.1. The van der Waals surface area contributed by atoms with Gasteiger partial charge in [0.25, 0.3) is 0 Å². The Hall–Kier alpha value is -1.01. The fourth-order valence-corrected chi connectivity index (χ4v) is 2.11. The summed E-state index contributed by atoms with van der Waals surface area (Å²) in [6.45, 7) is 3.59. The van der Waals surface area contributed by atoms with Gasteiger partial charge >= 0.3 is 0 Å². The predicted molar refractivity (Wildman–Crippen MR) is 52.4 cm³/mol. The van der Waals surface area contributed by atoms with E-state index in [0.29, 0.717) is 5.56 Å². The normalized spacial score (nSPS) is 9.77. The van der Waals surface area contributed by atoms with E-state index in [0.717, 1.165) is 10.5 Å². The number of rotatable bonds is 1. The van der Waals surface area contributed by atoms with E-state index in [-0.39, 0.29) is 5.56 Å². The number of hydrogen-bond donors (Lipinski definition) is 0. The largest absolute Gasteiger partial charge is 0.205 e. The molecule has 3 heteroatoms. The zero-order valence-electron chi connectivity index (χ0n) is 7.81. The molecular formula is C10H10FNS. The molecule has 0 saturated heterocycles. The van der Waals surface area contributed by atoms with Crippen molar-refractivity contribution in [1.29, 1.82) is 5.26 Å². The average Bonchev–Trinajstić information content (AvgIpc) is 2.12. The van der Waals surface area contributed by atoms with E-state index in [2.05, 4.69) is 0 Å². The summed E-state index contributed by atoms with van der Waals surface area (Å²) >= 11 is 1.51. The summed E-state index contributed by atoms with van der Waals surface area (Å²) in [4.78, 5) is 0.927. The van der Waals surface area contributed by atoms with Crippen molar-refractivity contribution < 1.29 is 4.39 Å². The fourth-order valence-electron chi connectivity index (χ4n) is 1.34. The van der Waals surface area contributed by atoms with E-state index < -0.39 is 5.82 Å². The molecule has 0 aliphatic carbocycles. The zero-order chi connectivity index (χ0) is 10.0. The van der Waals surface area contributed by atoms with Gasteiger partial charge in [0.1, 0.15) is 11.9 Å². The van der Waals surface area contributed by atoms with Crippen LogP contribution in [-0.4, -0.2) is 6.26 Å². The maximum absolute atomic E-state index is 13.4. The smallest absolute Gasteiger partial charge is 0.144 e. The number of hydrogen-bond acceptors (Lipinski definition) is 2. The van der Waals surface area contributed by atoms with Gasteiger partial charge in [-0.3, -0.25) is 0 Å². The van der Waals surface area contributed by atoms with Gasteiger partial charge in [0, 0.05) is 4.90 Å². The van der Waals surface area contributed by atoms with Crippen LogP contribution in [0.4, 0.5) is 4.39 Å². The SMILES string of the molecule is CSc1c(C)cc(C#N)c(F)c1C. The van der Waals surface area contributed by atoms with Crippen molar-refractivity contribution in [3.05, 3.63) is 28.6 Å². The highest BCUT2D eigenvalue weighted by Crippen LogP contribution is 2.27. The number of benzene rings is 1. The lowest BCUT2D eigenvalue weighted by atomic mass is 10.1. The Kier molecular flexibility index (Phi) is 2.94. The standard InChI is InChI=1S/C10H10FNS/c1-6-4-8(5-12)9(11)7(2)10(6)13-3/h4H,1-3H3. The van der Waals surface area contributed by atoms with Crippen LogP contribution >= 0.6 is 11.8 Å². The molecule has 1 aromatic carbocycles. The molecule has 0 N–H and O–H groups in total. The quantitative estimate of drug-likeness (QED) is 0.643. The van der Waals surface area contributed by atoms with Crippen LogP contribution in [0.3, 0.4) is 0 Å². The van der Waals surface area contributed by atoms with E-state index in [4.69, 9.17) is 5.26 Å². The summed E-state index contributed by atoms with van der Waals surface area (Å²) in [5, 5.41) is 8.63. The van der Waals surface area contributed by atoms with Crippen LogP contribution in [0.15, 0.2) is 11.0 Å². The molecule has 0 saturated carbocycles. The van der Waals surface area contributed by atoms with Crippen molar-refractivity contribution >= 4 is 11.8 Å². The summed E-state index contributed by atoms with van der Waals surface area (Å²) in [6, 6.07) is 3.44. The van der Waals surface area contributed by atoms with Crippen molar-refractivity contribution in [3.8, 4) is 6.07 Å². The third kappa shape index (κ3) is 1.68. The molecule has 0 heterocycles. The van der Waals surface area contributed by atoms with Gasteiger partial charge in [-0.2, -0.15) is 5.26 Å². The van der Waals surface area contributed by atoms with E-state index in [1.54, 1.807) is 13.0 Å². The fraction of sp³-hybridized carbons (Fsp3) is 0.300. The summed E-state index contributed by atoms with van der Waals surface area (Å²) in [5.74, 6) is -0.391. The summed E-state index contributed by atoms with van der Waals surface area (Å²) < 4.78 is 13.4. The Balaban J connectivity index is 3.48. The lowest BCUT2D eigenvalue weighted by molar-refractivity contribution is 0.608. The number of halogens is 1. The Bertz CT molecular complexity index is 376. The summed E-state index contributed by atoms with van der Waals surface area (Å²) in [6.07, 6.45) is 1.90. The van der Waals surface area contributed by atoms with Gasteiger partial charge in [-0.15, -0.1) is 11.8 Å². The second-order valence-corrected chi connectivity index (χ2v) is 3.64. The second-order valence-electron chi connectivity index (χ2n) is 2.83. The molecule has 1 rings (SSSR count). The first-order chi connectivity index (χ1) is 6.11. The highest BCUT2D eigenvalue weighted by molar-refractivity contribution is 7.98. The Morgan fingerprint density at radius 1 is 1.46 bits per heavy atom. The van der Waals surface area contributed by atoms with Crippen LogP contribution in [0.25, 0.3) is 0 Å². The maximum Gasteiger partial charge on any atom is 0.144 e. The van der Waals surface area contributed by atoms with E-state index in [1.165, 1.54) is 11.8 Å². The topological polar surface area (TPSA) is 23.8 Å². The molecule has 68 valence electrons. The van der Waals surface area contributed by atoms with E-state index in [1.807, 2.05) is 19.2 Å². The average molecular weight is 195 g/mol. The Morgan fingerprint density at radius 2 is 2.08 bits per heavy atom. The molecule has 0 aromatic heterocycles. The predicted octanol–water partition coefficient (Wildman–Crippen LogP) is 3.04. The molecule has 0 aliphatic rings. The highest BCUT2D eigenvalue weighted by atomic mass is 32.2. The molecule has 0 radical (unpaired) electrons. The molecule has 0 aliphatic heterocycles.